The van der Waals surface area contributed by atoms with E-state index in [0.717, 1.165) is 5.56 Å². The third-order valence-corrected chi connectivity index (χ3v) is 4.42. The molecule has 0 fully saturated rings. The quantitative estimate of drug-likeness (QED) is 0.681. The van der Waals surface area contributed by atoms with Crippen LogP contribution in [0.25, 0.3) is 10.9 Å². The van der Waals surface area contributed by atoms with E-state index < -0.39 is 5.56 Å². The first-order valence-electron chi connectivity index (χ1n) is 7.68. The number of hydrogen-bond acceptors (Lipinski definition) is 3. The molecule has 1 amide bonds. The van der Waals surface area contributed by atoms with Crippen LogP contribution in [0.15, 0.2) is 47.5 Å². The van der Waals surface area contributed by atoms with E-state index in [2.05, 4.69) is 4.98 Å². The third kappa shape index (κ3) is 3.86. The molecule has 0 aliphatic heterocycles. The average molecular weight is 394 g/mol. The SMILES string of the molecule is CN(Cc1ccc(F)cc1)C(=O)Cn1cnc2c(Cl)cc(Cl)cc2c1=O. The summed E-state index contributed by atoms with van der Waals surface area (Å²) in [4.78, 5) is 30.6. The molecule has 3 rings (SSSR count). The molecular formula is C18H14Cl2FN3O2. The van der Waals surface area contributed by atoms with Crippen molar-refractivity contribution < 1.29 is 9.18 Å². The lowest BCUT2D eigenvalue weighted by molar-refractivity contribution is -0.131. The summed E-state index contributed by atoms with van der Waals surface area (Å²) in [5, 5.41) is 0.842. The maximum absolute atomic E-state index is 13.0. The van der Waals surface area contributed by atoms with Crippen LogP contribution in [-0.2, 0) is 17.9 Å². The van der Waals surface area contributed by atoms with Crippen LogP contribution in [0.2, 0.25) is 10.0 Å². The number of benzene rings is 2. The van der Waals surface area contributed by atoms with Crippen LogP contribution in [0.3, 0.4) is 0 Å². The molecule has 0 N–H and O–H groups in total. The number of halogens is 3. The summed E-state index contributed by atoms with van der Waals surface area (Å²) in [6, 6.07) is 8.85. The molecule has 1 aromatic heterocycles. The molecule has 0 radical (unpaired) electrons. The van der Waals surface area contributed by atoms with E-state index in [9.17, 15) is 14.0 Å². The second-order valence-electron chi connectivity index (χ2n) is 5.84. The molecule has 26 heavy (non-hydrogen) atoms. The molecule has 0 spiro atoms. The number of amides is 1. The van der Waals surface area contributed by atoms with E-state index >= 15 is 0 Å². The first-order chi connectivity index (χ1) is 12.3. The summed E-state index contributed by atoms with van der Waals surface area (Å²) in [6.45, 7) is 0.121. The molecule has 8 heteroatoms. The highest BCUT2D eigenvalue weighted by Crippen LogP contribution is 2.23. The molecular weight excluding hydrogens is 380 g/mol. The smallest absolute Gasteiger partial charge is 0.261 e. The molecule has 0 saturated carbocycles. The number of carbonyl (C=O) groups is 1. The Kier molecular flexibility index (Phi) is 5.25. The van der Waals surface area contributed by atoms with Crippen molar-refractivity contribution in [2.75, 3.05) is 7.05 Å². The molecule has 5 nitrogen and oxygen atoms in total. The minimum absolute atomic E-state index is 0.177. The molecule has 0 unspecified atom stereocenters. The first kappa shape index (κ1) is 18.4. The van der Waals surface area contributed by atoms with E-state index in [4.69, 9.17) is 23.2 Å². The Labute approximate surface area is 158 Å². The standard InChI is InChI=1S/C18H14Cl2FN3O2/c1-23(8-11-2-4-13(21)5-3-11)16(25)9-24-10-22-17-14(18(24)26)6-12(19)7-15(17)20/h2-7,10H,8-9H2,1H3. The zero-order valence-electron chi connectivity index (χ0n) is 13.7. The van der Waals surface area contributed by atoms with E-state index in [0.29, 0.717) is 17.1 Å². The van der Waals surface area contributed by atoms with Crippen molar-refractivity contribution in [1.29, 1.82) is 0 Å². The van der Waals surface area contributed by atoms with Gasteiger partial charge in [0.1, 0.15) is 12.4 Å². The Morgan fingerprint density at radius 3 is 2.62 bits per heavy atom. The Balaban J connectivity index is 1.81. The average Bonchev–Trinajstić information content (AvgIpc) is 2.59. The Morgan fingerprint density at radius 1 is 1.23 bits per heavy atom. The van der Waals surface area contributed by atoms with Crippen molar-refractivity contribution in [3.8, 4) is 0 Å². The van der Waals surface area contributed by atoms with Gasteiger partial charge < -0.3 is 4.90 Å². The predicted molar refractivity (Wildman–Crippen MR) is 98.9 cm³/mol. The number of fused-ring (bicyclic) bond motifs is 1. The summed E-state index contributed by atoms with van der Waals surface area (Å²) in [5.41, 5.74) is 0.720. The molecule has 0 aliphatic carbocycles. The van der Waals surface area contributed by atoms with E-state index in [1.54, 1.807) is 19.2 Å². The number of carbonyl (C=O) groups excluding carboxylic acids is 1. The monoisotopic (exact) mass is 393 g/mol. The largest absolute Gasteiger partial charge is 0.340 e. The molecule has 134 valence electrons. The number of aromatic nitrogens is 2. The van der Waals surface area contributed by atoms with Crippen molar-refractivity contribution in [2.24, 2.45) is 0 Å². The van der Waals surface area contributed by atoms with Crippen LogP contribution >= 0.6 is 23.2 Å². The van der Waals surface area contributed by atoms with Crippen molar-refractivity contribution in [3.05, 3.63) is 74.5 Å². The summed E-state index contributed by atoms with van der Waals surface area (Å²) in [7, 11) is 1.61. The summed E-state index contributed by atoms with van der Waals surface area (Å²) in [6.07, 6.45) is 1.29. The zero-order chi connectivity index (χ0) is 18.8. The van der Waals surface area contributed by atoms with Crippen LogP contribution in [0.5, 0.6) is 0 Å². The van der Waals surface area contributed by atoms with Crippen LogP contribution in [0, 0.1) is 5.82 Å². The van der Waals surface area contributed by atoms with Gasteiger partial charge in [-0.3, -0.25) is 14.2 Å². The van der Waals surface area contributed by atoms with E-state index in [1.165, 1.54) is 40.1 Å². The summed E-state index contributed by atoms with van der Waals surface area (Å²) < 4.78 is 14.2. The lowest BCUT2D eigenvalue weighted by Crippen LogP contribution is -2.33. The Morgan fingerprint density at radius 2 is 1.92 bits per heavy atom. The number of likely N-dealkylation sites (N-methyl/N-ethyl adjacent to an activating group) is 1. The molecule has 0 aliphatic rings. The van der Waals surface area contributed by atoms with Gasteiger partial charge in [-0.15, -0.1) is 0 Å². The minimum atomic E-state index is -0.400. The Bertz CT molecular complexity index is 1040. The number of hydrogen-bond donors (Lipinski definition) is 0. The third-order valence-electron chi connectivity index (χ3n) is 3.91. The second kappa shape index (κ2) is 7.43. The highest BCUT2D eigenvalue weighted by Gasteiger charge is 2.14. The fraction of sp³-hybridized carbons (Fsp3) is 0.167. The van der Waals surface area contributed by atoms with E-state index in [-0.39, 0.29) is 28.7 Å². The van der Waals surface area contributed by atoms with Crippen molar-refractivity contribution >= 4 is 40.0 Å². The molecule has 3 aromatic rings. The zero-order valence-corrected chi connectivity index (χ0v) is 15.3. The summed E-state index contributed by atoms with van der Waals surface area (Å²) >= 11 is 12.0. The molecule has 0 atom stereocenters. The van der Waals surface area contributed by atoms with Gasteiger partial charge in [-0.1, -0.05) is 35.3 Å². The van der Waals surface area contributed by atoms with Crippen LogP contribution in [-0.4, -0.2) is 27.4 Å². The second-order valence-corrected chi connectivity index (χ2v) is 6.68. The van der Waals surface area contributed by atoms with Gasteiger partial charge in [0.15, 0.2) is 0 Å². The van der Waals surface area contributed by atoms with Crippen LogP contribution < -0.4 is 5.56 Å². The minimum Gasteiger partial charge on any atom is -0.340 e. The lowest BCUT2D eigenvalue weighted by Gasteiger charge is -2.18. The fourth-order valence-electron chi connectivity index (χ4n) is 2.53. The fourth-order valence-corrected chi connectivity index (χ4v) is 3.07. The molecule has 1 heterocycles. The van der Waals surface area contributed by atoms with Gasteiger partial charge >= 0.3 is 0 Å². The van der Waals surface area contributed by atoms with Crippen molar-refractivity contribution in [3.63, 3.8) is 0 Å². The van der Waals surface area contributed by atoms with Crippen LogP contribution in [0.1, 0.15) is 5.56 Å². The number of rotatable bonds is 4. The predicted octanol–water partition coefficient (Wildman–Crippen LogP) is 3.50. The van der Waals surface area contributed by atoms with Gasteiger partial charge in [0.2, 0.25) is 5.91 Å². The Hall–Kier alpha value is -2.44. The van der Waals surface area contributed by atoms with E-state index in [1.807, 2.05) is 0 Å². The molecule has 2 aromatic carbocycles. The summed E-state index contributed by atoms with van der Waals surface area (Å²) in [5.74, 6) is -0.625. The lowest BCUT2D eigenvalue weighted by atomic mass is 10.2. The maximum atomic E-state index is 13.0. The van der Waals surface area contributed by atoms with Gasteiger partial charge in [-0.25, -0.2) is 9.37 Å². The normalized spacial score (nSPS) is 10.9. The maximum Gasteiger partial charge on any atom is 0.261 e. The molecule has 0 bridgehead atoms. The topological polar surface area (TPSA) is 55.2 Å². The van der Waals surface area contributed by atoms with Gasteiger partial charge in [-0.2, -0.15) is 0 Å². The van der Waals surface area contributed by atoms with Gasteiger partial charge in [0, 0.05) is 18.6 Å². The highest BCUT2D eigenvalue weighted by atomic mass is 35.5. The van der Waals surface area contributed by atoms with Crippen LogP contribution in [0.4, 0.5) is 4.39 Å². The number of nitrogens with zero attached hydrogens (tertiary/aromatic N) is 3. The van der Waals surface area contributed by atoms with Gasteiger partial charge in [0.25, 0.3) is 5.56 Å². The van der Waals surface area contributed by atoms with Gasteiger partial charge in [0.05, 0.1) is 22.3 Å². The highest BCUT2D eigenvalue weighted by molar-refractivity contribution is 6.38. The van der Waals surface area contributed by atoms with Crippen molar-refractivity contribution in [1.82, 2.24) is 14.5 Å². The van der Waals surface area contributed by atoms with Crippen molar-refractivity contribution in [2.45, 2.75) is 13.1 Å². The first-order valence-corrected chi connectivity index (χ1v) is 8.43. The van der Waals surface area contributed by atoms with Gasteiger partial charge in [-0.05, 0) is 29.8 Å². The molecule has 0 saturated heterocycles.